The van der Waals surface area contributed by atoms with Crippen LogP contribution in [0.4, 0.5) is 9.18 Å². The van der Waals surface area contributed by atoms with Gasteiger partial charge < -0.3 is 14.8 Å². The summed E-state index contributed by atoms with van der Waals surface area (Å²) in [7, 11) is 0. The van der Waals surface area contributed by atoms with E-state index in [0.29, 0.717) is 0 Å². The third-order valence-electron chi connectivity index (χ3n) is 2.94. The number of rotatable bonds is 5. The minimum atomic E-state index is -1.22. The summed E-state index contributed by atoms with van der Waals surface area (Å²) in [6, 6.07) is 3.71. The number of ketones is 1. The average molecular weight is 367 g/mol. The molecule has 0 saturated heterocycles. The number of ether oxygens (including phenoxy) is 2. The first kappa shape index (κ1) is 21.6. The molecule has 0 aromatic heterocycles. The van der Waals surface area contributed by atoms with Gasteiger partial charge in [-0.05, 0) is 65.8 Å². The maximum atomic E-state index is 13.0. The molecular weight excluding hydrogens is 341 g/mol. The molecule has 0 fully saturated rings. The molecule has 1 aromatic carbocycles. The largest absolute Gasteiger partial charge is 0.458 e. The summed E-state index contributed by atoms with van der Waals surface area (Å²) < 4.78 is 23.4. The highest BCUT2D eigenvalue weighted by Crippen LogP contribution is 2.14. The standard InChI is InChI=1S/C19H26FNO5/c1-18(2,3)25-16(23)14(21-17(24)26-19(4,5)6)11-15(22)12-7-9-13(20)10-8-12/h7-10,14H,11H2,1-6H3,(H,21,24)/t14-/m0/s1. The number of Topliss-reactive ketones (excluding diaryl/α,β-unsaturated/α-hetero) is 1. The van der Waals surface area contributed by atoms with Crippen LogP contribution < -0.4 is 5.32 Å². The Labute approximate surface area is 153 Å². The van der Waals surface area contributed by atoms with Gasteiger partial charge >= 0.3 is 12.1 Å². The summed E-state index contributed by atoms with van der Waals surface area (Å²) in [6.45, 7) is 10.1. The van der Waals surface area contributed by atoms with Gasteiger partial charge in [0.2, 0.25) is 0 Å². The first-order valence-corrected chi connectivity index (χ1v) is 8.28. The van der Waals surface area contributed by atoms with Crippen molar-refractivity contribution in [1.82, 2.24) is 5.32 Å². The van der Waals surface area contributed by atoms with E-state index in [4.69, 9.17) is 9.47 Å². The zero-order valence-electron chi connectivity index (χ0n) is 16.0. The van der Waals surface area contributed by atoms with Gasteiger partial charge in [0.1, 0.15) is 23.1 Å². The topological polar surface area (TPSA) is 81.7 Å². The van der Waals surface area contributed by atoms with Gasteiger partial charge in [0.05, 0.1) is 0 Å². The second-order valence-corrected chi connectivity index (χ2v) is 7.87. The quantitative estimate of drug-likeness (QED) is 0.635. The summed E-state index contributed by atoms with van der Waals surface area (Å²) >= 11 is 0. The number of carbonyl (C=O) groups excluding carboxylic acids is 3. The lowest BCUT2D eigenvalue weighted by molar-refractivity contribution is -0.157. The predicted molar refractivity (Wildman–Crippen MR) is 94.4 cm³/mol. The maximum absolute atomic E-state index is 13.0. The van der Waals surface area contributed by atoms with Gasteiger partial charge in [-0.3, -0.25) is 4.79 Å². The van der Waals surface area contributed by atoms with E-state index in [1.165, 1.54) is 12.1 Å². The third-order valence-corrected chi connectivity index (χ3v) is 2.94. The van der Waals surface area contributed by atoms with Crippen molar-refractivity contribution in [2.75, 3.05) is 0 Å². The van der Waals surface area contributed by atoms with Crippen LogP contribution in [-0.4, -0.2) is 35.1 Å². The zero-order chi connectivity index (χ0) is 20.1. The van der Waals surface area contributed by atoms with E-state index in [2.05, 4.69) is 5.32 Å². The average Bonchev–Trinajstić information content (AvgIpc) is 2.43. The van der Waals surface area contributed by atoms with Gasteiger partial charge in [-0.2, -0.15) is 0 Å². The van der Waals surface area contributed by atoms with E-state index >= 15 is 0 Å². The molecule has 1 N–H and O–H groups in total. The molecule has 0 aliphatic rings. The van der Waals surface area contributed by atoms with Crippen LogP contribution in [0.25, 0.3) is 0 Å². The van der Waals surface area contributed by atoms with E-state index in [-0.39, 0.29) is 12.0 Å². The van der Waals surface area contributed by atoms with Crippen LogP contribution in [0.1, 0.15) is 58.3 Å². The number of benzene rings is 1. The smallest absolute Gasteiger partial charge is 0.408 e. The maximum Gasteiger partial charge on any atom is 0.408 e. The van der Waals surface area contributed by atoms with E-state index in [0.717, 1.165) is 12.1 Å². The fourth-order valence-corrected chi connectivity index (χ4v) is 1.96. The number of hydrogen-bond acceptors (Lipinski definition) is 5. The van der Waals surface area contributed by atoms with E-state index in [1.54, 1.807) is 41.5 Å². The lowest BCUT2D eigenvalue weighted by Gasteiger charge is -2.26. The van der Waals surface area contributed by atoms with E-state index in [9.17, 15) is 18.8 Å². The molecule has 1 amide bonds. The zero-order valence-corrected chi connectivity index (χ0v) is 16.0. The van der Waals surface area contributed by atoms with Crippen molar-refractivity contribution >= 4 is 17.8 Å². The highest BCUT2D eigenvalue weighted by atomic mass is 19.1. The van der Waals surface area contributed by atoms with Crippen LogP contribution in [0.15, 0.2) is 24.3 Å². The lowest BCUT2D eigenvalue weighted by atomic mass is 10.0. The van der Waals surface area contributed by atoms with Crippen molar-refractivity contribution in [2.45, 2.75) is 65.2 Å². The summed E-state index contributed by atoms with van der Waals surface area (Å²) in [5.74, 6) is -1.66. The van der Waals surface area contributed by atoms with Crippen molar-refractivity contribution in [3.63, 3.8) is 0 Å². The molecular formula is C19H26FNO5. The minimum Gasteiger partial charge on any atom is -0.458 e. The fraction of sp³-hybridized carbons (Fsp3) is 0.526. The summed E-state index contributed by atoms with van der Waals surface area (Å²) in [6.07, 6.45) is -1.17. The lowest BCUT2D eigenvalue weighted by Crippen LogP contribution is -2.47. The molecule has 144 valence electrons. The highest BCUT2D eigenvalue weighted by molar-refractivity contribution is 5.99. The molecule has 0 aliphatic carbocycles. The fourth-order valence-electron chi connectivity index (χ4n) is 1.96. The second kappa shape index (κ2) is 8.29. The molecule has 0 unspecified atom stereocenters. The van der Waals surface area contributed by atoms with Crippen LogP contribution in [0.2, 0.25) is 0 Å². The Balaban J connectivity index is 2.92. The van der Waals surface area contributed by atoms with Gasteiger partial charge in [0.15, 0.2) is 5.78 Å². The molecule has 1 atom stereocenters. The molecule has 0 radical (unpaired) electrons. The first-order valence-electron chi connectivity index (χ1n) is 8.28. The Morgan fingerprint density at radius 1 is 0.962 bits per heavy atom. The second-order valence-electron chi connectivity index (χ2n) is 7.87. The molecule has 1 rings (SSSR count). The van der Waals surface area contributed by atoms with Crippen molar-refractivity contribution in [1.29, 1.82) is 0 Å². The minimum absolute atomic E-state index is 0.228. The predicted octanol–water partition coefficient (Wildman–Crippen LogP) is 3.63. The molecule has 1 aromatic rings. The van der Waals surface area contributed by atoms with Crippen molar-refractivity contribution < 1.29 is 28.2 Å². The number of nitrogens with one attached hydrogen (secondary N) is 1. The number of carbonyl (C=O) groups is 3. The van der Waals surface area contributed by atoms with Crippen LogP contribution in [-0.2, 0) is 14.3 Å². The summed E-state index contributed by atoms with van der Waals surface area (Å²) in [5, 5.41) is 2.38. The van der Waals surface area contributed by atoms with Gasteiger partial charge in [0, 0.05) is 12.0 Å². The third kappa shape index (κ3) is 8.09. The van der Waals surface area contributed by atoms with Crippen molar-refractivity contribution in [2.24, 2.45) is 0 Å². The number of alkyl carbamates (subject to hydrolysis) is 1. The van der Waals surface area contributed by atoms with Gasteiger partial charge in [-0.25, -0.2) is 14.0 Å². The van der Waals surface area contributed by atoms with Crippen LogP contribution in [0.5, 0.6) is 0 Å². The molecule has 0 bridgehead atoms. The molecule has 7 heteroatoms. The molecule has 0 heterocycles. The monoisotopic (exact) mass is 367 g/mol. The molecule has 26 heavy (non-hydrogen) atoms. The number of amides is 1. The number of esters is 1. The van der Waals surface area contributed by atoms with E-state index in [1.807, 2.05) is 0 Å². The van der Waals surface area contributed by atoms with Crippen LogP contribution in [0, 0.1) is 5.82 Å². The molecule has 0 aliphatic heterocycles. The first-order chi connectivity index (χ1) is 11.8. The number of halogens is 1. The summed E-state index contributed by atoms with van der Waals surface area (Å²) in [5.41, 5.74) is -1.32. The van der Waals surface area contributed by atoms with Gasteiger partial charge in [-0.15, -0.1) is 0 Å². The highest BCUT2D eigenvalue weighted by Gasteiger charge is 2.30. The Hall–Kier alpha value is -2.44. The van der Waals surface area contributed by atoms with Crippen LogP contribution in [0.3, 0.4) is 0 Å². The Bertz CT molecular complexity index is 656. The molecule has 6 nitrogen and oxygen atoms in total. The molecule has 0 spiro atoms. The van der Waals surface area contributed by atoms with E-state index < -0.39 is 40.9 Å². The number of hydrogen-bond donors (Lipinski definition) is 1. The summed E-state index contributed by atoms with van der Waals surface area (Å²) in [4.78, 5) is 36.8. The van der Waals surface area contributed by atoms with Crippen molar-refractivity contribution in [3.05, 3.63) is 35.6 Å². The Kier molecular flexibility index (Phi) is 6.89. The van der Waals surface area contributed by atoms with Gasteiger partial charge in [0.25, 0.3) is 0 Å². The Morgan fingerprint density at radius 3 is 1.92 bits per heavy atom. The normalized spacial score (nSPS) is 12.9. The van der Waals surface area contributed by atoms with Gasteiger partial charge in [-0.1, -0.05) is 0 Å². The molecule has 0 saturated carbocycles. The van der Waals surface area contributed by atoms with Crippen molar-refractivity contribution in [3.8, 4) is 0 Å². The van der Waals surface area contributed by atoms with Crippen LogP contribution >= 0.6 is 0 Å². The Morgan fingerprint density at radius 2 is 1.46 bits per heavy atom. The SMILES string of the molecule is CC(C)(C)OC(=O)N[C@@H](CC(=O)c1ccc(F)cc1)C(=O)OC(C)(C)C.